The molecule has 0 amide bonds. The lowest BCUT2D eigenvalue weighted by Gasteiger charge is -2.25. The molecule has 0 radical (unpaired) electrons. The SMILES string of the molecule is O=C(O)CN1CCN(COO)CCN(Cc2ccc(C(=O)O)cc2)CC1. The van der Waals surface area contributed by atoms with Gasteiger partial charge in [0.25, 0.3) is 0 Å². The van der Waals surface area contributed by atoms with Crippen LogP contribution in [-0.4, -0.2) is 94.7 Å². The monoisotopic (exact) mass is 367 g/mol. The summed E-state index contributed by atoms with van der Waals surface area (Å²) in [7, 11) is 0. The van der Waals surface area contributed by atoms with Gasteiger partial charge in [0.2, 0.25) is 0 Å². The Labute approximate surface area is 151 Å². The zero-order valence-corrected chi connectivity index (χ0v) is 14.6. The van der Waals surface area contributed by atoms with Gasteiger partial charge in [-0.15, -0.1) is 0 Å². The van der Waals surface area contributed by atoms with Crippen LogP contribution in [-0.2, 0) is 16.2 Å². The zero-order valence-electron chi connectivity index (χ0n) is 14.6. The topological polar surface area (TPSA) is 114 Å². The second-order valence-corrected chi connectivity index (χ2v) is 6.32. The molecule has 1 aliphatic heterocycles. The minimum absolute atomic E-state index is 0.0328. The number of carboxylic acid groups (broad SMARTS) is 2. The maximum absolute atomic E-state index is 11.0. The maximum atomic E-state index is 11.0. The van der Waals surface area contributed by atoms with Gasteiger partial charge in [-0.05, 0) is 17.7 Å². The highest BCUT2D eigenvalue weighted by molar-refractivity contribution is 5.87. The van der Waals surface area contributed by atoms with Crippen molar-refractivity contribution in [3.05, 3.63) is 35.4 Å². The fraction of sp³-hybridized carbons (Fsp3) is 0.529. The molecule has 1 aromatic rings. The van der Waals surface area contributed by atoms with E-state index < -0.39 is 11.9 Å². The van der Waals surface area contributed by atoms with Gasteiger partial charge in [0.1, 0.15) is 6.73 Å². The highest BCUT2D eigenvalue weighted by Crippen LogP contribution is 2.09. The maximum Gasteiger partial charge on any atom is 0.335 e. The molecule has 1 heterocycles. The Morgan fingerprint density at radius 2 is 1.42 bits per heavy atom. The average molecular weight is 367 g/mol. The molecule has 26 heavy (non-hydrogen) atoms. The summed E-state index contributed by atoms with van der Waals surface area (Å²) in [6.45, 7) is 4.58. The van der Waals surface area contributed by atoms with Crippen LogP contribution in [0.15, 0.2) is 24.3 Å². The van der Waals surface area contributed by atoms with Crippen molar-refractivity contribution in [1.29, 1.82) is 0 Å². The number of nitrogens with zero attached hydrogens (tertiary/aromatic N) is 3. The molecule has 1 aromatic carbocycles. The van der Waals surface area contributed by atoms with Gasteiger partial charge in [-0.25, -0.2) is 9.68 Å². The van der Waals surface area contributed by atoms with Crippen molar-refractivity contribution in [3.63, 3.8) is 0 Å². The van der Waals surface area contributed by atoms with Gasteiger partial charge in [0.15, 0.2) is 0 Å². The van der Waals surface area contributed by atoms with Crippen LogP contribution in [0.1, 0.15) is 15.9 Å². The Bertz CT molecular complexity index is 595. The largest absolute Gasteiger partial charge is 0.480 e. The predicted molar refractivity (Wildman–Crippen MR) is 92.9 cm³/mol. The molecule has 2 rings (SSSR count). The second kappa shape index (κ2) is 10.2. The molecule has 1 fully saturated rings. The molecule has 0 aromatic heterocycles. The molecule has 0 saturated carbocycles. The Hall–Kier alpha value is -2.04. The summed E-state index contributed by atoms with van der Waals surface area (Å²) in [6, 6.07) is 6.74. The van der Waals surface area contributed by atoms with E-state index in [1.54, 1.807) is 24.3 Å². The smallest absolute Gasteiger partial charge is 0.335 e. The van der Waals surface area contributed by atoms with Gasteiger partial charge in [0.05, 0.1) is 12.1 Å². The van der Waals surface area contributed by atoms with Crippen LogP contribution in [0, 0.1) is 0 Å². The lowest BCUT2D eigenvalue weighted by molar-refractivity contribution is -0.269. The summed E-state index contributed by atoms with van der Waals surface area (Å²) in [5, 5.41) is 26.8. The number of aliphatic carboxylic acids is 1. The van der Waals surface area contributed by atoms with Crippen molar-refractivity contribution < 1.29 is 29.9 Å². The van der Waals surface area contributed by atoms with E-state index >= 15 is 0 Å². The molecule has 0 bridgehead atoms. The van der Waals surface area contributed by atoms with Gasteiger partial charge in [-0.1, -0.05) is 12.1 Å². The first-order valence-corrected chi connectivity index (χ1v) is 8.45. The fourth-order valence-electron chi connectivity index (χ4n) is 2.91. The number of aromatic carboxylic acids is 1. The Balaban J connectivity index is 2.02. The average Bonchev–Trinajstić information content (AvgIpc) is 2.68. The van der Waals surface area contributed by atoms with Crippen LogP contribution >= 0.6 is 0 Å². The first-order chi connectivity index (χ1) is 12.5. The number of rotatable bonds is 7. The molecule has 3 N–H and O–H groups in total. The Kier molecular flexibility index (Phi) is 7.95. The van der Waals surface area contributed by atoms with Crippen molar-refractivity contribution in [2.75, 3.05) is 52.5 Å². The summed E-state index contributed by atoms with van der Waals surface area (Å²) >= 11 is 0. The summed E-state index contributed by atoms with van der Waals surface area (Å²) in [5.41, 5.74) is 1.24. The minimum atomic E-state index is -0.955. The molecule has 144 valence electrons. The summed E-state index contributed by atoms with van der Waals surface area (Å²) in [4.78, 5) is 32.2. The first kappa shape index (κ1) is 20.3. The molecule has 0 atom stereocenters. The molecule has 9 nitrogen and oxygen atoms in total. The van der Waals surface area contributed by atoms with Crippen molar-refractivity contribution >= 4 is 11.9 Å². The van der Waals surface area contributed by atoms with E-state index in [-0.39, 0.29) is 18.8 Å². The number of hydrogen-bond acceptors (Lipinski definition) is 7. The standard InChI is InChI=1S/C17H25N3O6/c21-16(22)12-19-6-5-18(7-9-20(10-8-19)13-26-25)11-14-1-3-15(4-2-14)17(23)24/h1-4,25H,5-13H2,(H,21,22)(H,23,24). The highest BCUT2D eigenvalue weighted by atomic mass is 17.1. The lowest BCUT2D eigenvalue weighted by Crippen LogP contribution is -2.39. The molecule has 1 saturated heterocycles. The van der Waals surface area contributed by atoms with Crippen LogP contribution < -0.4 is 0 Å². The van der Waals surface area contributed by atoms with Crippen molar-refractivity contribution in [2.45, 2.75) is 6.54 Å². The summed E-state index contributed by atoms with van der Waals surface area (Å²) in [6.07, 6.45) is 0. The third kappa shape index (κ3) is 6.70. The summed E-state index contributed by atoms with van der Waals surface area (Å²) < 4.78 is 0. The van der Waals surface area contributed by atoms with Crippen molar-refractivity contribution in [2.24, 2.45) is 0 Å². The molecule has 9 heteroatoms. The minimum Gasteiger partial charge on any atom is -0.480 e. The molecule has 0 spiro atoms. The van der Waals surface area contributed by atoms with Crippen LogP contribution in [0.25, 0.3) is 0 Å². The van der Waals surface area contributed by atoms with E-state index in [1.807, 2.05) is 9.80 Å². The number of carbonyl (C=O) groups is 2. The van der Waals surface area contributed by atoms with E-state index in [9.17, 15) is 9.59 Å². The van der Waals surface area contributed by atoms with E-state index in [0.717, 1.165) is 12.1 Å². The van der Waals surface area contributed by atoms with Crippen molar-refractivity contribution in [1.82, 2.24) is 14.7 Å². The number of carboxylic acids is 2. The second-order valence-electron chi connectivity index (χ2n) is 6.32. The van der Waals surface area contributed by atoms with Crippen LogP contribution in [0.4, 0.5) is 0 Å². The molecule has 0 unspecified atom stereocenters. The Morgan fingerprint density at radius 3 is 1.92 bits per heavy atom. The number of benzene rings is 1. The van der Waals surface area contributed by atoms with Gasteiger partial charge < -0.3 is 10.2 Å². The quantitative estimate of drug-likeness (QED) is 0.463. The third-order valence-electron chi connectivity index (χ3n) is 4.40. The van der Waals surface area contributed by atoms with Gasteiger partial charge in [0, 0.05) is 45.8 Å². The van der Waals surface area contributed by atoms with E-state index in [0.29, 0.717) is 39.3 Å². The van der Waals surface area contributed by atoms with E-state index in [2.05, 4.69) is 9.79 Å². The molecular weight excluding hydrogens is 342 g/mol. The van der Waals surface area contributed by atoms with Crippen molar-refractivity contribution in [3.8, 4) is 0 Å². The molecule has 0 aliphatic carbocycles. The van der Waals surface area contributed by atoms with Gasteiger partial charge >= 0.3 is 11.9 Å². The highest BCUT2D eigenvalue weighted by Gasteiger charge is 2.18. The van der Waals surface area contributed by atoms with E-state index in [4.69, 9.17) is 15.5 Å². The Morgan fingerprint density at radius 1 is 0.885 bits per heavy atom. The fourth-order valence-corrected chi connectivity index (χ4v) is 2.91. The predicted octanol–water partition coefficient (Wildman–Crippen LogP) is 0.336. The van der Waals surface area contributed by atoms with Crippen LogP contribution in [0.2, 0.25) is 0 Å². The van der Waals surface area contributed by atoms with E-state index in [1.165, 1.54) is 0 Å². The van der Waals surface area contributed by atoms with Crippen LogP contribution in [0.3, 0.4) is 0 Å². The molecular formula is C17H25N3O6. The first-order valence-electron chi connectivity index (χ1n) is 8.45. The summed E-state index contributed by atoms with van der Waals surface area (Å²) in [5.74, 6) is -1.83. The normalized spacial score (nSPS) is 18.0. The zero-order chi connectivity index (χ0) is 18.9. The number of hydrogen-bond donors (Lipinski definition) is 3. The third-order valence-corrected chi connectivity index (χ3v) is 4.40. The van der Waals surface area contributed by atoms with Gasteiger partial charge in [-0.3, -0.25) is 24.8 Å². The van der Waals surface area contributed by atoms with Crippen LogP contribution in [0.5, 0.6) is 0 Å². The molecule has 1 aliphatic rings. The lowest BCUT2D eigenvalue weighted by atomic mass is 10.1. The van der Waals surface area contributed by atoms with Gasteiger partial charge in [-0.2, -0.15) is 0 Å².